The molecule has 0 saturated heterocycles. The molecule has 4 rings (SSSR count). The number of fused-ring (bicyclic) bond motifs is 2. The van der Waals surface area contributed by atoms with E-state index in [1.807, 2.05) is 48.5 Å². The van der Waals surface area contributed by atoms with Crippen LogP contribution in [-0.4, -0.2) is 17.3 Å². The van der Waals surface area contributed by atoms with Gasteiger partial charge in [0, 0.05) is 34.9 Å². The number of benzene rings is 2. The van der Waals surface area contributed by atoms with Gasteiger partial charge in [0.2, 0.25) is 0 Å². The Morgan fingerprint density at radius 2 is 2.05 bits per heavy atom. The van der Waals surface area contributed by atoms with Gasteiger partial charge in [-0.1, -0.05) is 30.3 Å². The lowest BCUT2D eigenvalue weighted by molar-refractivity contribution is 0.104. The van der Waals surface area contributed by atoms with Gasteiger partial charge < -0.3 is 5.32 Å². The number of carbonyl (C=O) groups is 1. The van der Waals surface area contributed by atoms with E-state index in [2.05, 4.69) is 10.3 Å². The lowest BCUT2D eigenvalue weighted by atomic mass is 9.98. The summed E-state index contributed by atoms with van der Waals surface area (Å²) in [6, 6.07) is 15.4. The first-order valence-electron chi connectivity index (χ1n) is 7.08. The highest BCUT2D eigenvalue weighted by Crippen LogP contribution is 2.26. The Hall–Kier alpha value is -2.68. The average molecular weight is 274 g/mol. The van der Waals surface area contributed by atoms with Crippen LogP contribution in [0, 0.1) is 0 Å². The maximum Gasteiger partial charge on any atom is 0.193 e. The predicted molar refractivity (Wildman–Crippen MR) is 83.8 cm³/mol. The molecule has 0 bridgehead atoms. The van der Waals surface area contributed by atoms with E-state index in [1.165, 1.54) is 5.56 Å². The zero-order valence-corrected chi connectivity index (χ0v) is 11.5. The van der Waals surface area contributed by atoms with Gasteiger partial charge in [-0.15, -0.1) is 0 Å². The fourth-order valence-corrected chi connectivity index (χ4v) is 2.89. The SMILES string of the molecule is O=C(c1ccc2c(c1)NCC2)c1cccc2ncccc12. The lowest BCUT2D eigenvalue weighted by Crippen LogP contribution is -2.03. The molecule has 3 aromatic rings. The number of hydrogen-bond donors (Lipinski definition) is 1. The Morgan fingerprint density at radius 3 is 3.00 bits per heavy atom. The highest BCUT2D eigenvalue weighted by molar-refractivity contribution is 6.16. The molecule has 2 heterocycles. The van der Waals surface area contributed by atoms with Crippen LogP contribution in [0.25, 0.3) is 10.9 Å². The first-order valence-corrected chi connectivity index (χ1v) is 7.08. The van der Waals surface area contributed by atoms with Crippen molar-refractivity contribution in [1.82, 2.24) is 4.98 Å². The molecule has 1 aliphatic rings. The quantitative estimate of drug-likeness (QED) is 0.728. The number of nitrogens with zero attached hydrogens (tertiary/aromatic N) is 1. The van der Waals surface area contributed by atoms with Crippen molar-refractivity contribution in [2.24, 2.45) is 0 Å². The van der Waals surface area contributed by atoms with Crippen LogP contribution < -0.4 is 5.32 Å². The summed E-state index contributed by atoms with van der Waals surface area (Å²) in [4.78, 5) is 17.1. The largest absolute Gasteiger partial charge is 0.384 e. The second-order valence-corrected chi connectivity index (χ2v) is 5.25. The molecule has 2 aromatic carbocycles. The van der Waals surface area contributed by atoms with Gasteiger partial charge in [-0.25, -0.2) is 0 Å². The number of carbonyl (C=O) groups excluding carboxylic acids is 1. The number of aromatic nitrogens is 1. The van der Waals surface area contributed by atoms with Crippen LogP contribution >= 0.6 is 0 Å². The Morgan fingerprint density at radius 1 is 1.10 bits per heavy atom. The van der Waals surface area contributed by atoms with Crippen LogP contribution in [0.15, 0.2) is 54.7 Å². The number of hydrogen-bond acceptors (Lipinski definition) is 3. The van der Waals surface area contributed by atoms with E-state index in [1.54, 1.807) is 6.20 Å². The van der Waals surface area contributed by atoms with E-state index >= 15 is 0 Å². The zero-order valence-electron chi connectivity index (χ0n) is 11.5. The molecule has 0 amide bonds. The third-order valence-corrected chi connectivity index (χ3v) is 3.97. The van der Waals surface area contributed by atoms with E-state index in [-0.39, 0.29) is 5.78 Å². The van der Waals surface area contributed by atoms with Gasteiger partial charge in [0.1, 0.15) is 0 Å². The van der Waals surface area contributed by atoms with Crippen molar-refractivity contribution < 1.29 is 4.79 Å². The maximum atomic E-state index is 12.8. The highest BCUT2D eigenvalue weighted by Gasteiger charge is 2.16. The fraction of sp³-hybridized carbons (Fsp3) is 0.111. The summed E-state index contributed by atoms with van der Waals surface area (Å²) in [5, 5.41) is 4.22. The molecule has 1 N–H and O–H groups in total. The second kappa shape index (κ2) is 4.70. The predicted octanol–water partition coefficient (Wildman–Crippen LogP) is 3.43. The Labute approximate surface area is 122 Å². The molecule has 0 fully saturated rings. The Bertz CT molecular complexity index is 849. The third-order valence-electron chi connectivity index (χ3n) is 3.97. The van der Waals surface area contributed by atoms with Gasteiger partial charge in [0.15, 0.2) is 5.78 Å². The molecule has 0 unspecified atom stereocenters. The molecule has 0 atom stereocenters. The molecule has 3 heteroatoms. The van der Waals surface area contributed by atoms with Gasteiger partial charge in [0.05, 0.1) is 5.52 Å². The molecule has 0 saturated carbocycles. The summed E-state index contributed by atoms with van der Waals surface area (Å²) in [7, 11) is 0. The van der Waals surface area contributed by atoms with Gasteiger partial charge in [-0.3, -0.25) is 9.78 Å². The summed E-state index contributed by atoms with van der Waals surface area (Å²) >= 11 is 0. The molecular weight excluding hydrogens is 260 g/mol. The summed E-state index contributed by atoms with van der Waals surface area (Å²) in [5.74, 6) is 0.0464. The minimum atomic E-state index is 0.0464. The summed E-state index contributed by atoms with van der Waals surface area (Å²) in [6.07, 6.45) is 2.78. The highest BCUT2D eigenvalue weighted by atomic mass is 16.1. The Balaban J connectivity index is 1.83. The number of anilines is 1. The normalized spacial score (nSPS) is 13.0. The zero-order chi connectivity index (χ0) is 14.2. The van der Waals surface area contributed by atoms with E-state index < -0.39 is 0 Å². The number of ketones is 1. The molecular formula is C18H14N2O. The van der Waals surface area contributed by atoms with Crippen molar-refractivity contribution in [3.63, 3.8) is 0 Å². The molecule has 0 spiro atoms. The van der Waals surface area contributed by atoms with Crippen molar-refractivity contribution in [2.45, 2.75) is 6.42 Å². The van der Waals surface area contributed by atoms with Crippen LogP contribution in [0.1, 0.15) is 21.5 Å². The van der Waals surface area contributed by atoms with Gasteiger partial charge in [-0.2, -0.15) is 0 Å². The topological polar surface area (TPSA) is 42.0 Å². The van der Waals surface area contributed by atoms with E-state index in [9.17, 15) is 4.79 Å². The van der Waals surface area contributed by atoms with Crippen molar-refractivity contribution in [3.8, 4) is 0 Å². The first kappa shape index (κ1) is 12.1. The second-order valence-electron chi connectivity index (χ2n) is 5.25. The van der Waals surface area contributed by atoms with Crippen LogP contribution in [0.2, 0.25) is 0 Å². The average Bonchev–Trinajstić information content (AvgIpc) is 3.01. The lowest BCUT2D eigenvalue weighted by Gasteiger charge is -2.07. The monoisotopic (exact) mass is 274 g/mol. The smallest absolute Gasteiger partial charge is 0.193 e. The summed E-state index contributed by atoms with van der Waals surface area (Å²) in [5.41, 5.74) is 4.64. The van der Waals surface area contributed by atoms with Crippen molar-refractivity contribution in [2.75, 3.05) is 11.9 Å². The third kappa shape index (κ3) is 1.98. The maximum absolute atomic E-state index is 12.8. The molecule has 1 aromatic heterocycles. The molecule has 21 heavy (non-hydrogen) atoms. The molecule has 0 radical (unpaired) electrons. The summed E-state index contributed by atoms with van der Waals surface area (Å²) < 4.78 is 0. The van der Waals surface area contributed by atoms with Crippen LogP contribution in [-0.2, 0) is 6.42 Å². The van der Waals surface area contributed by atoms with Crippen LogP contribution in [0.4, 0.5) is 5.69 Å². The minimum Gasteiger partial charge on any atom is -0.384 e. The molecule has 102 valence electrons. The number of nitrogens with one attached hydrogen (secondary N) is 1. The first-order chi connectivity index (χ1) is 10.3. The van der Waals surface area contributed by atoms with Crippen molar-refractivity contribution in [1.29, 1.82) is 0 Å². The Kier molecular flexibility index (Phi) is 2.71. The fourth-order valence-electron chi connectivity index (χ4n) is 2.89. The van der Waals surface area contributed by atoms with Gasteiger partial charge in [0.25, 0.3) is 0 Å². The van der Waals surface area contributed by atoms with Crippen LogP contribution in [0.3, 0.4) is 0 Å². The van der Waals surface area contributed by atoms with E-state index in [0.29, 0.717) is 5.56 Å². The van der Waals surface area contributed by atoms with E-state index in [0.717, 1.165) is 35.1 Å². The molecule has 1 aliphatic heterocycles. The van der Waals surface area contributed by atoms with Crippen molar-refractivity contribution in [3.05, 3.63) is 71.4 Å². The van der Waals surface area contributed by atoms with E-state index in [4.69, 9.17) is 0 Å². The van der Waals surface area contributed by atoms with Crippen LogP contribution in [0.5, 0.6) is 0 Å². The molecule has 0 aliphatic carbocycles. The summed E-state index contributed by atoms with van der Waals surface area (Å²) in [6.45, 7) is 0.950. The number of pyridine rings is 1. The standard InChI is InChI=1S/C18H14N2O/c21-18(13-7-6-12-8-10-20-17(12)11-13)15-3-1-5-16-14(15)4-2-9-19-16/h1-7,9,11,20H,8,10H2. The molecule has 3 nitrogen and oxygen atoms in total. The minimum absolute atomic E-state index is 0.0464. The number of rotatable bonds is 2. The van der Waals surface area contributed by atoms with Crippen molar-refractivity contribution >= 4 is 22.4 Å². The van der Waals surface area contributed by atoms with Gasteiger partial charge in [-0.05, 0) is 30.2 Å². The van der Waals surface area contributed by atoms with Gasteiger partial charge >= 0.3 is 0 Å².